The quantitative estimate of drug-likeness (QED) is 0.744. The van der Waals surface area contributed by atoms with Crippen molar-refractivity contribution in [3.63, 3.8) is 0 Å². The van der Waals surface area contributed by atoms with Crippen LogP contribution in [0.15, 0.2) is 30.3 Å². The molecular weight excluding hydrogens is 318 g/mol. The van der Waals surface area contributed by atoms with E-state index in [0.717, 1.165) is 31.1 Å². The van der Waals surface area contributed by atoms with E-state index in [0.29, 0.717) is 13.0 Å². The molecule has 1 aliphatic heterocycles. The highest BCUT2D eigenvalue weighted by Gasteiger charge is 2.27. The first-order valence-electron chi connectivity index (χ1n) is 7.77. The molecule has 0 unspecified atom stereocenters. The molecule has 0 aliphatic carbocycles. The van der Waals surface area contributed by atoms with Crippen LogP contribution in [-0.4, -0.2) is 44.9 Å². The number of nitrogens with zero attached hydrogens (tertiary/aromatic N) is 1. The Morgan fingerprint density at radius 2 is 2.00 bits per heavy atom. The summed E-state index contributed by atoms with van der Waals surface area (Å²) in [6.45, 7) is 0.964. The first-order chi connectivity index (χ1) is 11.0. The number of carbonyl (C=O) groups excluding carboxylic acids is 1. The highest BCUT2D eigenvalue weighted by atomic mass is 32.2. The molecule has 0 N–H and O–H groups in total. The summed E-state index contributed by atoms with van der Waals surface area (Å²) in [5.74, 6) is 0. The van der Waals surface area contributed by atoms with Crippen molar-refractivity contribution in [1.29, 1.82) is 0 Å². The number of benzene rings is 1. The zero-order chi connectivity index (χ0) is 16.7. The minimum Gasteiger partial charge on any atom is -0.445 e. The van der Waals surface area contributed by atoms with E-state index < -0.39 is 10.1 Å². The van der Waals surface area contributed by atoms with E-state index in [2.05, 4.69) is 0 Å². The number of hydrogen-bond donors (Lipinski definition) is 0. The molecule has 1 heterocycles. The molecular formula is C16H23NO5S. The van der Waals surface area contributed by atoms with Crippen LogP contribution in [0.2, 0.25) is 0 Å². The van der Waals surface area contributed by atoms with Crippen molar-refractivity contribution in [2.45, 2.75) is 38.3 Å². The molecule has 1 fully saturated rings. The van der Waals surface area contributed by atoms with E-state index in [1.54, 1.807) is 4.90 Å². The number of likely N-dealkylation sites (tertiary alicyclic amines) is 1. The largest absolute Gasteiger partial charge is 0.445 e. The van der Waals surface area contributed by atoms with Gasteiger partial charge in [-0.3, -0.25) is 4.18 Å². The molecule has 0 spiro atoms. The van der Waals surface area contributed by atoms with Gasteiger partial charge in [0.05, 0.1) is 12.9 Å². The molecule has 6 nitrogen and oxygen atoms in total. The lowest BCUT2D eigenvalue weighted by molar-refractivity contribution is 0.0626. The van der Waals surface area contributed by atoms with Crippen molar-refractivity contribution in [3.8, 4) is 0 Å². The summed E-state index contributed by atoms with van der Waals surface area (Å²) in [5.41, 5.74) is 0.940. The Kier molecular flexibility index (Phi) is 6.41. The van der Waals surface area contributed by atoms with E-state index in [1.807, 2.05) is 30.3 Å². The maximum absolute atomic E-state index is 12.3. The number of hydrogen-bond acceptors (Lipinski definition) is 5. The molecule has 1 aromatic rings. The molecule has 1 aliphatic rings. The topological polar surface area (TPSA) is 72.9 Å². The zero-order valence-electron chi connectivity index (χ0n) is 13.3. The van der Waals surface area contributed by atoms with Crippen LogP contribution >= 0.6 is 0 Å². The highest BCUT2D eigenvalue weighted by molar-refractivity contribution is 7.85. The van der Waals surface area contributed by atoms with E-state index in [-0.39, 0.29) is 25.3 Å². The van der Waals surface area contributed by atoms with Gasteiger partial charge in [-0.15, -0.1) is 0 Å². The van der Waals surface area contributed by atoms with Crippen LogP contribution in [0.25, 0.3) is 0 Å². The van der Waals surface area contributed by atoms with E-state index in [4.69, 9.17) is 8.92 Å². The normalized spacial score (nSPS) is 18.7. The van der Waals surface area contributed by atoms with Gasteiger partial charge >= 0.3 is 6.09 Å². The van der Waals surface area contributed by atoms with Crippen molar-refractivity contribution in [2.24, 2.45) is 0 Å². The zero-order valence-corrected chi connectivity index (χ0v) is 14.1. The van der Waals surface area contributed by atoms with Crippen molar-refractivity contribution in [1.82, 2.24) is 4.90 Å². The second kappa shape index (κ2) is 8.31. The summed E-state index contributed by atoms with van der Waals surface area (Å²) in [6.07, 6.45) is 3.97. The molecule has 1 amide bonds. The molecule has 128 valence electrons. The Morgan fingerprint density at radius 1 is 1.26 bits per heavy atom. The Balaban J connectivity index is 1.85. The Labute approximate surface area is 137 Å². The molecule has 0 radical (unpaired) electrons. The van der Waals surface area contributed by atoms with Crippen molar-refractivity contribution >= 4 is 16.2 Å². The van der Waals surface area contributed by atoms with Gasteiger partial charge < -0.3 is 9.64 Å². The average molecular weight is 341 g/mol. The minimum atomic E-state index is -3.44. The Hall–Kier alpha value is -1.60. The summed E-state index contributed by atoms with van der Waals surface area (Å²) in [7, 11) is -3.44. The number of carbonyl (C=O) groups is 1. The van der Waals surface area contributed by atoms with Crippen molar-refractivity contribution < 1.29 is 22.1 Å². The SMILES string of the molecule is CS(=O)(=O)OCC[C@@H]1CCCCN1C(=O)OCc1ccccc1. The van der Waals surface area contributed by atoms with Gasteiger partial charge in [-0.25, -0.2) is 4.79 Å². The van der Waals surface area contributed by atoms with E-state index >= 15 is 0 Å². The van der Waals surface area contributed by atoms with Crippen molar-refractivity contribution in [3.05, 3.63) is 35.9 Å². The van der Waals surface area contributed by atoms with Crippen molar-refractivity contribution in [2.75, 3.05) is 19.4 Å². The third kappa shape index (κ3) is 6.19. The van der Waals surface area contributed by atoms with Gasteiger partial charge in [-0.2, -0.15) is 8.42 Å². The van der Waals surface area contributed by atoms with Gasteiger partial charge in [0.15, 0.2) is 0 Å². The highest BCUT2D eigenvalue weighted by Crippen LogP contribution is 2.21. The monoisotopic (exact) mass is 341 g/mol. The van der Waals surface area contributed by atoms with Gasteiger partial charge in [0.25, 0.3) is 10.1 Å². The summed E-state index contributed by atoms with van der Waals surface area (Å²) >= 11 is 0. The smallest absolute Gasteiger partial charge is 0.410 e. The molecule has 1 saturated heterocycles. The van der Waals surface area contributed by atoms with Gasteiger partial charge in [-0.1, -0.05) is 30.3 Å². The standard InChI is InChI=1S/C16H23NO5S/c1-23(19,20)22-12-10-15-9-5-6-11-17(15)16(18)21-13-14-7-3-2-4-8-14/h2-4,7-8,15H,5-6,9-13H2,1H3/t15-/m0/s1. The minimum absolute atomic E-state index is 0.0335. The third-order valence-corrected chi connectivity index (χ3v) is 4.41. The molecule has 0 bridgehead atoms. The van der Waals surface area contributed by atoms with Gasteiger partial charge in [0.2, 0.25) is 0 Å². The maximum Gasteiger partial charge on any atom is 0.410 e. The van der Waals surface area contributed by atoms with Gasteiger partial charge in [0, 0.05) is 12.6 Å². The van der Waals surface area contributed by atoms with Crippen LogP contribution in [0.4, 0.5) is 4.79 Å². The molecule has 1 aromatic carbocycles. The van der Waals surface area contributed by atoms with Crippen LogP contribution in [-0.2, 0) is 25.6 Å². The molecule has 7 heteroatoms. The Morgan fingerprint density at radius 3 is 2.70 bits per heavy atom. The number of piperidine rings is 1. The predicted octanol–water partition coefficient (Wildman–Crippen LogP) is 2.54. The predicted molar refractivity (Wildman–Crippen MR) is 86.4 cm³/mol. The maximum atomic E-state index is 12.3. The summed E-state index contributed by atoms with van der Waals surface area (Å²) in [4.78, 5) is 14.0. The molecule has 23 heavy (non-hydrogen) atoms. The average Bonchev–Trinajstić information content (AvgIpc) is 2.53. The summed E-state index contributed by atoms with van der Waals surface area (Å²) in [5, 5.41) is 0. The second-order valence-corrected chi connectivity index (χ2v) is 7.34. The third-order valence-electron chi connectivity index (χ3n) is 3.82. The first-order valence-corrected chi connectivity index (χ1v) is 9.59. The lowest BCUT2D eigenvalue weighted by atomic mass is 10.0. The Bertz CT molecular complexity index is 602. The lowest BCUT2D eigenvalue weighted by Crippen LogP contribution is -2.44. The van der Waals surface area contributed by atoms with Crippen LogP contribution in [0.3, 0.4) is 0 Å². The van der Waals surface area contributed by atoms with E-state index in [1.165, 1.54) is 0 Å². The van der Waals surface area contributed by atoms with Gasteiger partial charge in [0.1, 0.15) is 6.61 Å². The summed E-state index contributed by atoms with van der Waals surface area (Å²) < 4.78 is 32.2. The van der Waals surface area contributed by atoms with Crippen LogP contribution in [0.1, 0.15) is 31.2 Å². The second-order valence-electron chi connectivity index (χ2n) is 5.70. The van der Waals surface area contributed by atoms with Crippen LogP contribution in [0, 0.1) is 0 Å². The lowest BCUT2D eigenvalue weighted by Gasteiger charge is -2.34. The fourth-order valence-electron chi connectivity index (χ4n) is 2.68. The number of rotatable bonds is 6. The first kappa shape index (κ1) is 17.7. The van der Waals surface area contributed by atoms with Gasteiger partial charge in [-0.05, 0) is 31.2 Å². The summed E-state index contributed by atoms with van der Waals surface area (Å²) in [6, 6.07) is 9.48. The fraction of sp³-hybridized carbons (Fsp3) is 0.562. The molecule has 0 saturated carbocycles. The molecule has 1 atom stereocenters. The number of ether oxygens (including phenoxy) is 1. The van der Waals surface area contributed by atoms with Crippen LogP contribution < -0.4 is 0 Å². The van der Waals surface area contributed by atoms with E-state index in [9.17, 15) is 13.2 Å². The van der Waals surface area contributed by atoms with Crippen LogP contribution in [0.5, 0.6) is 0 Å². The molecule has 2 rings (SSSR count). The number of amides is 1. The molecule has 0 aromatic heterocycles. The fourth-order valence-corrected chi connectivity index (χ4v) is 3.08.